The lowest BCUT2D eigenvalue weighted by molar-refractivity contribution is -0.137. The summed E-state index contributed by atoms with van der Waals surface area (Å²) in [5.41, 5.74) is 0.911. The standard InChI is InChI=1S/C35H23Cl2F3N4O2/c36-25-4-12-29(13-5-25)45-31-16-8-27(9-17-31)43-21-33(23-2-1-3-24(20-23)35(38,39)40)44(34(43)42-22-41)28-10-18-32(19-11-28)46-30-14-6-26(37)7-15-30/h1-20,33H,21H2/b42-34-/t33-/m1/s1. The number of guanidine groups is 1. The molecule has 5 aromatic carbocycles. The van der Waals surface area contributed by atoms with Crippen molar-refractivity contribution < 1.29 is 22.6 Å². The molecule has 0 aromatic heterocycles. The number of benzene rings is 5. The first kappa shape index (κ1) is 30.8. The van der Waals surface area contributed by atoms with Gasteiger partial charge in [0, 0.05) is 21.4 Å². The summed E-state index contributed by atoms with van der Waals surface area (Å²) in [5, 5.41) is 10.9. The van der Waals surface area contributed by atoms with Crippen molar-refractivity contribution >= 4 is 40.5 Å². The largest absolute Gasteiger partial charge is 0.457 e. The molecule has 0 N–H and O–H groups in total. The summed E-state index contributed by atoms with van der Waals surface area (Å²) in [6, 6.07) is 32.5. The summed E-state index contributed by atoms with van der Waals surface area (Å²) in [7, 11) is 0. The quantitative estimate of drug-likeness (QED) is 0.163. The van der Waals surface area contributed by atoms with Gasteiger partial charge < -0.3 is 19.3 Å². The van der Waals surface area contributed by atoms with Crippen LogP contribution in [0, 0.1) is 11.5 Å². The van der Waals surface area contributed by atoms with Crippen LogP contribution in [0.4, 0.5) is 24.5 Å². The first-order chi connectivity index (χ1) is 22.2. The maximum atomic E-state index is 13.7. The number of hydrogen-bond donors (Lipinski definition) is 0. The molecule has 0 saturated carbocycles. The highest BCUT2D eigenvalue weighted by Crippen LogP contribution is 2.40. The predicted molar refractivity (Wildman–Crippen MR) is 173 cm³/mol. The first-order valence-corrected chi connectivity index (χ1v) is 14.7. The van der Waals surface area contributed by atoms with Crippen LogP contribution in [0.25, 0.3) is 0 Å². The molecule has 46 heavy (non-hydrogen) atoms. The topological polar surface area (TPSA) is 61.1 Å². The molecule has 1 aliphatic rings. The smallest absolute Gasteiger partial charge is 0.416 e. The molecule has 1 saturated heterocycles. The second kappa shape index (κ2) is 13.1. The van der Waals surface area contributed by atoms with Crippen LogP contribution >= 0.6 is 23.2 Å². The number of aliphatic imine (C=N–C) groups is 1. The normalized spacial score (nSPS) is 15.6. The minimum Gasteiger partial charge on any atom is -0.457 e. The Balaban J connectivity index is 1.35. The summed E-state index contributed by atoms with van der Waals surface area (Å²) in [6.45, 7) is 0.211. The summed E-state index contributed by atoms with van der Waals surface area (Å²) in [4.78, 5) is 7.69. The Hall–Kier alpha value is -5.17. The molecular formula is C35H23Cl2F3N4O2. The molecule has 5 aromatic rings. The van der Waals surface area contributed by atoms with E-state index >= 15 is 0 Å². The molecule has 0 spiro atoms. The van der Waals surface area contributed by atoms with Gasteiger partial charge in [-0.25, -0.2) is 0 Å². The zero-order valence-corrected chi connectivity index (χ0v) is 25.3. The molecule has 6 rings (SSSR count). The lowest BCUT2D eigenvalue weighted by atomic mass is 10.0. The zero-order chi connectivity index (χ0) is 32.3. The number of nitrogens with zero attached hydrogens (tertiary/aromatic N) is 4. The summed E-state index contributed by atoms with van der Waals surface area (Å²) in [6.07, 6.45) is -2.66. The van der Waals surface area contributed by atoms with Gasteiger partial charge in [0.25, 0.3) is 0 Å². The van der Waals surface area contributed by atoms with E-state index in [0.717, 1.165) is 12.1 Å². The van der Waals surface area contributed by atoms with Crippen molar-refractivity contribution in [3.63, 3.8) is 0 Å². The molecule has 1 fully saturated rings. The van der Waals surface area contributed by atoms with Crippen molar-refractivity contribution in [1.82, 2.24) is 0 Å². The highest BCUT2D eigenvalue weighted by atomic mass is 35.5. The molecule has 0 unspecified atom stereocenters. The van der Waals surface area contributed by atoms with Crippen LogP contribution in [-0.2, 0) is 6.18 Å². The number of ether oxygens (including phenoxy) is 2. The minimum absolute atomic E-state index is 0.211. The van der Waals surface area contributed by atoms with Gasteiger partial charge in [-0.05, 0) is 115 Å². The summed E-state index contributed by atoms with van der Waals surface area (Å²) in [5.74, 6) is 2.54. The van der Waals surface area contributed by atoms with Crippen LogP contribution in [0.3, 0.4) is 0 Å². The highest BCUT2D eigenvalue weighted by molar-refractivity contribution is 6.30. The number of hydrogen-bond acceptors (Lipinski definition) is 4. The fraction of sp³-hybridized carbons (Fsp3) is 0.0857. The molecule has 6 nitrogen and oxygen atoms in total. The Kier molecular flexibility index (Phi) is 8.75. The van der Waals surface area contributed by atoms with E-state index in [0.29, 0.717) is 50.0 Å². The lowest BCUT2D eigenvalue weighted by Crippen LogP contribution is -2.34. The molecule has 11 heteroatoms. The van der Waals surface area contributed by atoms with Gasteiger partial charge in [-0.1, -0.05) is 35.3 Å². The monoisotopic (exact) mass is 658 g/mol. The van der Waals surface area contributed by atoms with Gasteiger partial charge in [0.2, 0.25) is 12.2 Å². The Morgan fingerprint density at radius 1 is 0.696 bits per heavy atom. The van der Waals surface area contributed by atoms with Crippen LogP contribution in [0.15, 0.2) is 126 Å². The Morgan fingerprint density at radius 2 is 1.17 bits per heavy atom. The van der Waals surface area contributed by atoms with Crippen LogP contribution in [0.5, 0.6) is 23.0 Å². The van der Waals surface area contributed by atoms with Gasteiger partial charge in [-0.15, -0.1) is 4.99 Å². The Bertz CT molecular complexity index is 1890. The van der Waals surface area contributed by atoms with E-state index in [-0.39, 0.29) is 12.5 Å². The third kappa shape index (κ3) is 6.89. The van der Waals surface area contributed by atoms with Gasteiger partial charge in [0.15, 0.2) is 0 Å². The lowest BCUT2D eigenvalue weighted by Gasteiger charge is -2.26. The van der Waals surface area contributed by atoms with E-state index in [2.05, 4.69) is 4.99 Å². The van der Waals surface area contributed by atoms with E-state index in [4.69, 9.17) is 32.7 Å². The van der Waals surface area contributed by atoms with Crippen molar-refractivity contribution in [2.45, 2.75) is 12.2 Å². The van der Waals surface area contributed by atoms with E-state index < -0.39 is 17.8 Å². The first-order valence-electron chi connectivity index (χ1n) is 14.0. The van der Waals surface area contributed by atoms with Gasteiger partial charge in [0.05, 0.1) is 18.2 Å². The summed E-state index contributed by atoms with van der Waals surface area (Å²) < 4.78 is 53.1. The number of alkyl halides is 3. The molecule has 0 radical (unpaired) electrons. The van der Waals surface area contributed by atoms with E-state index in [1.165, 1.54) is 6.07 Å². The van der Waals surface area contributed by atoms with Crippen LogP contribution in [0.1, 0.15) is 17.2 Å². The fourth-order valence-electron chi connectivity index (χ4n) is 5.10. The van der Waals surface area contributed by atoms with Gasteiger partial charge in [-0.3, -0.25) is 0 Å². The molecule has 230 valence electrons. The fourth-order valence-corrected chi connectivity index (χ4v) is 5.36. The Labute approximate surface area is 273 Å². The van der Waals surface area contributed by atoms with Crippen molar-refractivity contribution in [1.29, 1.82) is 5.26 Å². The SMILES string of the molecule is N#C/N=C1/N(c2ccc(Oc3ccc(Cl)cc3)cc2)C[C@H](c2cccc(C(F)(F)F)c2)N1c1ccc(Oc2ccc(Cl)cc2)cc1. The second-order valence-corrected chi connectivity index (χ2v) is 11.1. The molecule has 1 aliphatic heterocycles. The van der Waals surface area contributed by atoms with Crippen LogP contribution < -0.4 is 19.3 Å². The third-order valence-corrected chi connectivity index (χ3v) is 7.74. The van der Waals surface area contributed by atoms with Gasteiger partial charge in [0.1, 0.15) is 23.0 Å². The summed E-state index contributed by atoms with van der Waals surface area (Å²) >= 11 is 11.9. The van der Waals surface area contributed by atoms with E-state index in [1.54, 1.807) is 113 Å². The number of anilines is 2. The maximum Gasteiger partial charge on any atom is 0.416 e. The zero-order valence-electron chi connectivity index (χ0n) is 23.8. The molecule has 1 atom stereocenters. The molecule has 0 amide bonds. The maximum absolute atomic E-state index is 13.7. The molecular weight excluding hydrogens is 636 g/mol. The molecule has 0 bridgehead atoms. The van der Waals surface area contributed by atoms with Gasteiger partial charge in [-0.2, -0.15) is 18.4 Å². The third-order valence-electron chi connectivity index (χ3n) is 7.23. The molecule has 1 heterocycles. The van der Waals surface area contributed by atoms with Crippen molar-refractivity contribution in [3.05, 3.63) is 142 Å². The average molecular weight is 659 g/mol. The van der Waals surface area contributed by atoms with Crippen molar-refractivity contribution in [2.75, 3.05) is 16.3 Å². The predicted octanol–water partition coefficient (Wildman–Crippen LogP) is 10.5. The van der Waals surface area contributed by atoms with Crippen LogP contribution in [-0.4, -0.2) is 12.5 Å². The van der Waals surface area contributed by atoms with Crippen molar-refractivity contribution in [3.8, 4) is 29.2 Å². The highest BCUT2D eigenvalue weighted by Gasteiger charge is 2.40. The number of nitriles is 1. The Morgan fingerprint density at radius 3 is 1.65 bits per heavy atom. The van der Waals surface area contributed by atoms with Gasteiger partial charge >= 0.3 is 6.18 Å². The second-order valence-electron chi connectivity index (χ2n) is 10.2. The minimum atomic E-state index is -4.52. The van der Waals surface area contributed by atoms with Crippen molar-refractivity contribution in [2.24, 2.45) is 4.99 Å². The van der Waals surface area contributed by atoms with Crippen LogP contribution in [0.2, 0.25) is 10.0 Å². The van der Waals surface area contributed by atoms with E-state index in [1.807, 2.05) is 6.19 Å². The molecule has 0 aliphatic carbocycles. The number of halogens is 5. The average Bonchev–Trinajstić information content (AvgIpc) is 3.43. The van der Waals surface area contributed by atoms with E-state index in [9.17, 15) is 18.4 Å². The number of rotatable bonds is 7.